The highest BCUT2D eigenvalue weighted by Crippen LogP contribution is 2.33. The smallest absolute Gasteiger partial charge is 0.119 e. The summed E-state index contributed by atoms with van der Waals surface area (Å²) in [5, 5.41) is 0. The Morgan fingerprint density at radius 3 is 2.09 bits per heavy atom. The molecular formula is C21H34O. The van der Waals surface area contributed by atoms with Gasteiger partial charge in [-0.25, -0.2) is 0 Å². The molecule has 0 spiro atoms. The molecule has 0 aromatic heterocycles. The largest absolute Gasteiger partial charge is 0.494 e. The number of ether oxygens (including phenoxy) is 1. The van der Waals surface area contributed by atoms with E-state index in [1.54, 1.807) is 0 Å². The maximum absolute atomic E-state index is 5.73. The van der Waals surface area contributed by atoms with Gasteiger partial charge >= 0.3 is 0 Å². The lowest BCUT2D eigenvalue weighted by Crippen LogP contribution is -2.15. The van der Waals surface area contributed by atoms with Gasteiger partial charge in [0.05, 0.1) is 6.61 Å². The first-order valence-corrected chi connectivity index (χ1v) is 9.53. The number of hydrogen-bond donors (Lipinski definition) is 0. The highest BCUT2D eigenvalue weighted by Gasteiger charge is 2.20. The van der Waals surface area contributed by atoms with Crippen molar-refractivity contribution in [3.8, 4) is 5.75 Å². The fraction of sp³-hybridized carbons (Fsp3) is 0.714. The zero-order valence-electron chi connectivity index (χ0n) is 14.7. The van der Waals surface area contributed by atoms with Crippen LogP contribution >= 0.6 is 0 Å². The number of benzene rings is 1. The Kier molecular flexibility index (Phi) is 7.83. The highest BCUT2D eigenvalue weighted by molar-refractivity contribution is 5.27. The van der Waals surface area contributed by atoms with Gasteiger partial charge in [0.2, 0.25) is 0 Å². The van der Waals surface area contributed by atoms with Crippen molar-refractivity contribution in [1.29, 1.82) is 0 Å². The number of rotatable bonds is 9. The van der Waals surface area contributed by atoms with E-state index in [2.05, 4.69) is 38.1 Å². The van der Waals surface area contributed by atoms with Gasteiger partial charge in [-0.1, -0.05) is 70.9 Å². The molecule has 0 aliphatic heterocycles. The minimum atomic E-state index is 0.844. The molecule has 1 aliphatic carbocycles. The summed E-state index contributed by atoms with van der Waals surface area (Å²) in [6.45, 7) is 5.36. The molecule has 0 heterocycles. The van der Waals surface area contributed by atoms with Gasteiger partial charge in [0.1, 0.15) is 5.75 Å². The van der Waals surface area contributed by atoms with Crippen molar-refractivity contribution >= 4 is 0 Å². The predicted molar refractivity (Wildman–Crippen MR) is 95.5 cm³/mol. The molecule has 0 unspecified atom stereocenters. The van der Waals surface area contributed by atoms with Crippen LogP contribution < -0.4 is 4.74 Å². The summed E-state index contributed by atoms with van der Waals surface area (Å²) < 4.78 is 5.73. The fourth-order valence-electron chi connectivity index (χ4n) is 3.67. The van der Waals surface area contributed by atoms with Gasteiger partial charge in [0, 0.05) is 0 Å². The van der Waals surface area contributed by atoms with Crippen LogP contribution in [-0.2, 0) is 6.42 Å². The van der Waals surface area contributed by atoms with E-state index < -0.39 is 0 Å². The molecule has 0 radical (unpaired) electrons. The Balaban J connectivity index is 1.66. The Labute approximate surface area is 137 Å². The van der Waals surface area contributed by atoms with Gasteiger partial charge < -0.3 is 4.74 Å². The molecule has 1 saturated carbocycles. The molecule has 0 N–H and O–H groups in total. The van der Waals surface area contributed by atoms with Gasteiger partial charge in [-0.3, -0.25) is 0 Å². The van der Waals surface area contributed by atoms with Crippen LogP contribution in [0.5, 0.6) is 5.75 Å². The summed E-state index contributed by atoms with van der Waals surface area (Å²) in [6.07, 6.45) is 13.6. The minimum Gasteiger partial charge on any atom is -0.494 e. The van der Waals surface area contributed by atoms with Crippen molar-refractivity contribution in [2.24, 2.45) is 11.8 Å². The summed E-state index contributed by atoms with van der Waals surface area (Å²) in [4.78, 5) is 0. The van der Waals surface area contributed by atoms with Gasteiger partial charge in [-0.15, -0.1) is 0 Å². The van der Waals surface area contributed by atoms with Crippen molar-refractivity contribution in [2.75, 3.05) is 6.61 Å². The van der Waals surface area contributed by atoms with Crippen LogP contribution in [0.15, 0.2) is 24.3 Å². The number of aryl methyl sites for hydroxylation is 1. The van der Waals surface area contributed by atoms with Crippen molar-refractivity contribution in [2.45, 2.75) is 78.1 Å². The summed E-state index contributed by atoms with van der Waals surface area (Å²) in [5.41, 5.74) is 1.47. The lowest BCUT2D eigenvalue weighted by molar-refractivity contribution is 0.252. The first-order valence-electron chi connectivity index (χ1n) is 9.53. The Bertz CT molecular complexity index is 387. The molecule has 1 heteroatoms. The second kappa shape index (κ2) is 9.92. The second-order valence-corrected chi connectivity index (χ2v) is 7.06. The van der Waals surface area contributed by atoms with E-state index in [9.17, 15) is 0 Å². The average molecular weight is 303 g/mol. The van der Waals surface area contributed by atoms with Crippen LogP contribution in [0.1, 0.15) is 77.2 Å². The Hall–Kier alpha value is -0.980. The molecule has 1 aromatic rings. The van der Waals surface area contributed by atoms with Crippen molar-refractivity contribution < 1.29 is 4.74 Å². The van der Waals surface area contributed by atoms with E-state index in [1.807, 2.05) is 0 Å². The molecule has 22 heavy (non-hydrogen) atoms. The van der Waals surface area contributed by atoms with Gasteiger partial charge in [0.15, 0.2) is 0 Å². The van der Waals surface area contributed by atoms with Crippen LogP contribution in [0.4, 0.5) is 0 Å². The van der Waals surface area contributed by atoms with Gasteiger partial charge in [0.25, 0.3) is 0 Å². The maximum Gasteiger partial charge on any atom is 0.119 e. The quantitative estimate of drug-likeness (QED) is 0.479. The molecule has 1 aliphatic rings. The predicted octanol–water partition coefficient (Wildman–Crippen LogP) is 6.40. The van der Waals surface area contributed by atoms with Crippen molar-refractivity contribution in [1.82, 2.24) is 0 Å². The summed E-state index contributed by atoms with van der Waals surface area (Å²) in [5.74, 6) is 3.02. The third-order valence-electron chi connectivity index (χ3n) is 5.19. The standard InChI is InChI=1S/C21H34O/c1-3-5-17-22-21-15-13-20(14-16-21)12-11-19-9-7-18(6-4-2)8-10-19/h13-16,18-19H,3-12,17H2,1-2H3. The van der Waals surface area contributed by atoms with E-state index in [0.29, 0.717) is 0 Å². The fourth-order valence-corrected chi connectivity index (χ4v) is 3.67. The Morgan fingerprint density at radius 2 is 1.50 bits per heavy atom. The van der Waals surface area contributed by atoms with Crippen LogP contribution in [0.2, 0.25) is 0 Å². The molecule has 124 valence electrons. The van der Waals surface area contributed by atoms with E-state index >= 15 is 0 Å². The normalized spacial score (nSPS) is 21.7. The molecule has 1 aromatic carbocycles. The van der Waals surface area contributed by atoms with E-state index in [0.717, 1.165) is 30.6 Å². The first kappa shape index (κ1) is 17.4. The molecule has 0 saturated heterocycles. The number of unbranched alkanes of at least 4 members (excludes halogenated alkanes) is 1. The molecule has 1 fully saturated rings. The molecular weight excluding hydrogens is 268 g/mol. The third kappa shape index (κ3) is 6.02. The van der Waals surface area contributed by atoms with Crippen LogP contribution in [0, 0.1) is 11.8 Å². The monoisotopic (exact) mass is 302 g/mol. The van der Waals surface area contributed by atoms with Gasteiger partial charge in [-0.05, 0) is 48.8 Å². The van der Waals surface area contributed by atoms with E-state index in [-0.39, 0.29) is 0 Å². The summed E-state index contributed by atoms with van der Waals surface area (Å²) in [7, 11) is 0. The Morgan fingerprint density at radius 1 is 0.864 bits per heavy atom. The molecule has 0 bridgehead atoms. The van der Waals surface area contributed by atoms with Crippen molar-refractivity contribution in [3.05, 3.63) is 29.8 Å². The lowest BCUT2D eigenvalue weighted by atomic mass is 9.78. The minimum absolute atomic E-state index is 0.844. The SMILES string of the molecule is CCCCOc1ccc(CCC2CCC(CCC)CC2)cc1. The van der Waals surface area contributed by atoms with Crippen LogP contribution in [-0.4, -0.2) is 6.61 Å². The topological polar surface area (TPSA) is 9.23 Å². The first-order chi connectivity index (χ1) is 10.8. The molecule has 0 atom stereocenters. The number of hydrogen-bond acceptors (Lipinski definition) is 1. The van der Waals surface area contributed by atoms with E-state index in [4.69, 9.17) is 4.74 Å². The van der Waals surface area contributed by atoms with Crippen molar-refractivity contribution in [3.63, 3.8) is 0 Å². The summed E-state index contributed by atoms with van der Waals surface area (Å²) >= 11 is 0. The van der Waals surface area contributed by atoms with E-state index in [1.165, 1.54) is 63.4 Å². The third-order valence-corrected chi connectivity index (χ3v) is 5.19. The zero-order chi connectivity index (χ0) is 15.6. The molecule has 0 amide bonds. The maximum atomic E-state index is 5.73. The van der Waals surface area contributed by atoms with Crippen LogP contribution in [0.3, 0.4) is 0 Å². The highest BCUT2D eigenvalue weighted by atomic mass is 16.5. The summed E-state index contributed by atoms with van der Waals surface area (Å²) in [6, 6.07) is 8.79. The van der Waals surface area contributed by atoms with Gasteiger partial charge in [-0.2, -0.15) is 0 Å². The average Bonchev–Trinajstić information content (AvgIpc) is 2.56. The van der Waals surface area contributed by atoms with Crippen LogP contribution in [0.25, 0.3) is 0 Å². The zero-order valence-corrected chi connectivity index (χ0v) is 14.7. The second-order valence-electron chi connectivity index (χ2n) is 7.06. The lowest BCUT2D eigenvalue weighted by Gasteiger charge is -2.28. The molecule has 2 rings (SSSR count). The molecule has 1 nitrogen and oxygen atoms in total.